The van der Waals surface area contributed by atoms with Gasteiger partial charge in [-0.25, -0.2) is 0 Å². The van der Waals surface area contributed by atoms with Gasteiger partial charge >= 0.3 is 0 Å². The monoisotopic (exact) mass is 232 g/mol. The van der Waals surface area contributed by atoms with E-state index in [-0.39, 0.29) is 0 Å². The Morgan fingerprint density at radius 3 is 2.94 bits per heavy atom. The molecule has 1 aromatic carbocycles. The average molecular weight is 232 g/mol. The molecule has 1 aromatic rings. The highest BCUT2D eigenvalue weighted by molar-refractivity contribution is 5.75. The second kappa shape index (κ2) is 5.19. The summed E-state index contributed by atoms with van der Waals surface area (Å²) in [5.74, 6) is 0.371. The zero-order valence-electron chi connectivity index (χ0n) is 10.5. The van der Waals surface area contributed by atoms with E-state index in [2.05, 4.69) is 46.7 Å². The van der Waals surface area contributed by atoms with Crippen molar-refractivity contribution >= 4 is 5.96 Å². The third-order valence-corrected chi connectivity index (χ3v) is 3.32. The smallest absolute Gasteiger partial charge is 0.189 e. The van der Waals surface area contributed by atoms with Gasteiger partial charge < -0.3 is 10.6 Å². The lowest BCUT2D eigenvalue weighted by Crippen LogP contribution is -2.41. The largest absolute Gasteiger partial charge is 0.360 e. The van der Waals surface area contributed by atoms with Crippen LogP contribution in [0, 0.1) is 5.41 Å². The van der Waals surface area contributed by atoms with Crippen molar-refractivity contribution in [3.63, 3.8) is 0 Å². The van der Waals surface area contributed by atoms with E-state index in [1.54, 1.807) is 7.05 Å². The lowest BCUT2D eigenvalue weighted by molar-refractivity contribution is 0.205. The summed E-state index contributed by atoms with van der Waals surface area (Å²) in [6.07, 6.45) is 1.10. The van der Waals surface area contributed by atoms with Gasteiger partial charge in [-0.3, -0.25) is 10.3 Å². The van der Waals surface area contributed by atoms with E-state index in [1.807, 2.05) is 0 Å². The summed E-state index contributed by atoms with van der Waals surface area (Å²) in [7, 11) is 1.76. The number of rotatable bonds is 3. The molecule has 1 atom stereocenters. The number of hydrogen-bond donors (Lipinski definition) is 3. The fraction of sp³-hybridized carbons (Fsp3) is 0.462. The van der Waals surface area contributed by atoms with Crippen LogP contribution in [-0.2, 0) is 6.54 Å². The number of hydrogen-bond acceptors (Lipinski definition) is 2. The normalized spacial score (nSPS) is 18.8. The number of nitrogens with zero attached hydrogens (tertiary/aromatic N) is 1. The molecule has 17 heavy (non-hydrogen) atoms. The number of fused-ring (bicyclic) bond motifs is 1. The molecule has 1 unspecified atom stereocenters. The van der Waals surface area contributed by atoms with Crippen molar-refractivity contribution in [1.29, 1.82) is 5.41 Å². The Bertz CT molecular complexity index is 402. The number of guanidine groups is 1. The molecule has 0 bridgehead atoms. The summed E-state index contributed by atoms with van der Waals surface area (Å²) in [4.78, 5) is 2.37. The SMILES string of the molecule is CCC1c2ccccc2CN1CNC(=N)NC. The Morgan fingerprint density at radius 2 is 2.24 bits per heavy atom. The molecular weight excluding hydrogens is 212 g/mol. The van der Waals surface area contributed by atoms with Crippen molar-refractivity contribution in [2.75, 3.05) is 13.7 Å². The Balaban J connectivity index is 2.05. The van der Waals surface area contributed by atoms with Crippen LogP contribution in [0.2, 0.25) is 0 Å². The molecule has 0 aliphatic carbocycles. The van der Waals surface area contributed by atoms with E-state index >= 15 is 0 Å². The fourth-order valence-electron chi connectivity index (χ4n) is 2.44. The molecule has 0 spiro atoms. The molecule has 0 radical (unpaired) electrons. The second-order valence-corrected chi connectivity index (χ2v) is 4.33. The first-order chi connectivity index (χ1) is 8.26. The number of nitrogens with one attached hydrogen (secondary N) is 3. The molecule has 0 saturated carbocycles. The van der Waals surface area contributed by atoms with Gasteiger partial charge in [-0.15, -0.1) is 0 Å². The first-order valence-electron chi connectivity index (χ1n) is 6.08. The van der Waals surface area contributed by atoms with Crippen LogP contribution in [0.25, 0.3) is 0 Å². The highest BCUT2D eigenvalue weighted by Gasteiger charge is 2.27. The van der Waals surface area contributed by atoms with Gasteiger partial charge in [0.15, 0.2) is 5.96 Å². The van der Waals surface area contributed by atoms with Gasteiger partial charge in [0.05, 0.1) is 6.67 Å². The summed E-state index contributed by atoms with van der Waals surface area (Å²) in [5.41, 5.74) is 2.85. The van der Waals surface area contributed by atoms with Crippen molar-refractivity contribution in [3.05, 3.63) is 35.4 Å². The molecule has 3 N–H and O–H groups in total. The standard InChI is InChI=1S/C13H20N4/c1-3-12-11-7-5-4-6-10(11)8-17(12)9-16-13(14)15-2/h4-7,12H,3,8-9H2,1-2H3,(H3,14,15,16). The molecule has 4 nitrogen and oxygen atoms in total. The van der Waals surface area contributed by atoms with E-state index in [0.717, 1.165) is 13.0 Å². The van der Waals surface area contributed by atoms with Crippen LogP contribution in [0.1, 0.15) is 30.5 Å². The summed E-state index contributed by atoms with van der Waals surface area (Å²) in [6.45, 7) is 3.90. The number of benzene rings is 1. The van der Waals surface area contributed by atoms with Crippen LogP contribution in [0.4, 0.5) is 0 Å². The van der Waals surface area contributed by atoms with Crippen molar-refractivity contribution in [1.82, 2.24) is 15.5 Å². The second-order valence-electron chi connectivity index (χ2n) is 4.33. The van der Waals surface area contributed by atoms with Crippen molar-refractivity contribution < 1.29 is 0 Å². The molecule has 0 aromatic heterocycles. The lowest BCUT2D eigenvalue weighted by atomic mass is 10.0. The minimum absolute atomic E-state index is 0.371. The van der Waals surface area contributed by atoms with Crippen molar-refractivity contribution in [2.45, 2.75) is 25.9 Å². The van der Waals surface area contributed by atoms with E-state index < -0.39 is 0 Å². The van der Waals surface area contributed by atoms with Crippen LogP contribution >= 0.6 is 0 Å². The average Bonchev–Trinajstić information content (AvgIpc) is 2.73. The minimum atomic E-state index is 0.371. The molecule has 1 aliphatic heterocycles. The predicted molar refractivity (Wildman–Crippen MR) is 69.8 cm³/mol. The minimum Gasteiger partial charge on any atom is -0.360 e. The Morgan fingerprint density at radius 1 is 1.47 bits per heavy atom. The van der Waals surface area contributed by atoms with Gasteiger partial charge in [0.1, 0.15) is 0 Å². The van der Waals surface area contributed by atoms with Crippen LogP contribution in [0.5, 0.6) is 0 Å². The molecule has 4 heteroatoms. The lowest BCUT2D eigenvalue weighted by Gasteiger charge is -2.24. The van der Waals surface area contributed by atoms with Crippen LogP contribution in [-0.4, -0.2) is 24.6 Å². The molecule has 1 heterocycles. The Hall–Kier alpha value is -1.55. The summed E-state index contributed by atoms with van der Waals surface area (Å²) in [6, 6.07) is 9.09. The summed E-state index contributed by atoms with van der Waals surface area (Å²) in [5, 5.41) is 13.4. The molecule has 0 fully saturated rings. The van der Waals surface area contributed by atoms with Crippen molar-refractivity contribution in [3.8, 4) is 0 Å². The topological polar surface area (TPSA) is 51.2 Å². The zero-order valence-corrected chi connectivity index (χ0v) is 10.5. The van der Waals surface area contributed by atoms with E-state index in [1.165, 1.54) is 11.1 Å². The van der Waals surface area contributed by atoms with Gasteiger partial charge in [0.25, 0.3) is 0 Å². The third kappa shape index (κ3) is 2.42. The maximum Gasteiger partial charge on any atom is 0.189 e. The van der Waals surface area contributed by atoms with Crippen LogP contribution in [0.15, 0.2) is 24.3 Å². The molecule has 2 rings (SSSR count). The maximum absolute atomic E-state index is 7.54. The Labute approximate surface area is 103 Å². The Kier molecular flexibility index (Phi) is 3.64. The van der Waals surface area contributed by atoms with E-state index in [4.69, 9.17) is 5.41 Å². The van der Waals surface area contributed by atoms with Gasteiger partial charge in [0, 0.05) is 19.6 Å². The predicted octanol–water partition coefficient (Wildman–Crippen LogP) is 1.65. The summed E-state index contributed by atoms with van der Waals surface area (Å²) < 4.78 is 0. The highest BCUT2D eigenvalue weighted by atomic mass is 15.3. The fourth-order valence-corrected chi connectivity index (χ4v) is 2.44. The molecular formula is C13H20N4. The molecule has 92 valence electrons. The first kappa shape index (κ1) is 11.9. The van der Waals surface area contributed by atoms with Gasteiger partial charge in [-0.1, -0.05) is 31.2 Å². The van der Waals surface area contributed by atoms with Gasteiger partial charge in [0.2, 0.25) is 0 Å². The van der Waals surface area contributed by atoms with E-state index in [9.17, 15) is 0 Å². The quantitative estimate of drug-likeness (QED) is 0.548. The molecule has 0 amide bonds. The highest BCUT2D eigenvalue weighted by Crippen LogP contribution is 2.34. The molecule has 1 aliphatic rings. The van der Waals surface area contributed by atoms with Crippen LogP contribution < -0.4 is 10.6 Å². The van der Waals surface area contributed by atoms with Gasteiger partial charge in [-0.05, 0) is 17.5 Å². The van der Waals surface area contributed by atoms with Crippen molar-refractivity contribution in [2.24, 2.45) is 0 Å². The zero-order chi connectivity index (χ0) is 12.3. The van der Waals surface area contributed by atoms with Gasteiger partial charge in [-0.2, -0.15) is 0 Å². The molecule has 0 saturated heterocycles. The summed E-state index contributed by atoms with van der Waals surface area (Å²) >= 11 is 0. The van der Waals surface area contributed by atoms with E-state index in [0.29, 0.717) is 18.7 Å². The maximum atomic E-state index is 7.54. The third-order valence-electron chi connectivity index (χ3n) is 3.32. The van der Waals surface area contributed by atoms with Crippen LogP contribution in [0.3, 0.4) is 0 Å². The first-order valence-corrected chi connectivity index (χ1v) is 6.08.